The molecule has 0 bridgehead atoms. The molecule has 7 nitrogen and oxygen atoms in total. The maximum Gasteiger partial charge on any atom is 0.268 e. The molecule has 0 fully saturated rings. The number of carbonyl (C=O) groups is 1. The van der Waals surface area contributed by atoms with Gasteiger partial charge >= 0.3 is 0 Å². The summed E-state index contributed by atoms with van der Waals surface area (Å²) in [6, 6.07) is 18.5. The quantitative estimate of drug-likeness (QED) is 0.340. The Hall–Kier alpha value is -3.55. The van der Waals surface area contributed by atoms with Gasteiger partial charge in [0.25, 0.3) is 11.5 Å². The molecule has 30 heavy (non-hydrogen) atoms. The lowest BCUT2D eigenvalue weighted by atomic mass is 10.0. The average molecular weight is 402 g/mol. The molecule has 0 spiro atoms. The lowest BCUT2D eigenvalue weighted by molar-refractivity contribution is 0.0605. The molecule has 0 unspecified atom stereocenters. The van der Waals surface area contributed by atoms with E-state index in [1.54, 1.807) is 31.2 Å². The third kappa shape index (κ3) is 3.94. The molecule has 4 aromatic rings. The fraction of sp³-hybridized carbons (Fsp3) is 0.174. The number of aryl methyl sites for hydroxylation is 1. The van der Waals surface area contributed by atoms with E-state index in [0.29, 0.717) is 28.8 Å². The van der Waals surface area contributed by atoms with Crippen molar-refractivity contribution in [3.63, 3.8) is 0 Å². The number of nitrogens with one attached hydrogen (secondary N) is 2. The first kappa shape index (κ1) is 19.8. The Morgan fingerprint density at radius 3 is 2.67 bits per heavy atom. The highest BCUT2D eigenvalue weighted by atomic mass is 16.3. The largest absolute Gasteiger partial charge is 0.394 e. The summed E-state index contributed by atoms with van der Waals surface area (Å²) in [6.45, 7) is 2.12. The number of fused-ring (bicyclic) bond motifs is 3. The SMILES string of the molecule is Cc1nc2ccc3ccc(CNN(CCO)C(=O)c4ccccc4)cc3c2c(=O)[nH]1. The van der Waals surface area contributed by atoms with Gasteiger partial charge in [0.15, 0.2) is 0 Å². The van der Waals surface area contributed by atoms with Gasteiger partial charge in [-0.05, 0) is 47.5 Å². The molecule has 0 radical (unpaired) electrons. The summed E-state index contributed by atoms with van der Waals surface area (Å²) < 4.78 is 0. The summed E-state index contributed by atoms with van der Waals surface area (Å²) in [7, 11) is 0. The van der Waals surface area contributed by atoms with Gasteiger partial charge in [-0.25, -0.2) is 10.4 Å². The molecule has 3 aromatic carbocycles. The van der Waals surface area contributed by atoms with Crippen LogP contribution in [-0.4, -0.2) is 39.1 Å². The van der Waals surface area contributed by atoms with Crippen LogP contribution in [0.3, 0.4) is 0 Å². The Morgan fingerprint density at radius 1 is 1.13 bits per heavy atom. The van der Waals surface area contributed by atoms with Gasteiger partial charge in [0.1, 0.15) is 5.82 Å². The van der Waals surface area contributed by atoms with Gasteiger partial charge in [-0.3, -0.25) is 14.6 Å². The van der Waals surface area contributed by atoms with Crippen molar-refractivity contribution in [2.75, 3.05) is 13.2 Å². The molecule has 152 valence electrons. The Bertz CT molecular complexity index is 1270. The molecule has 1 amide bonds. The fourth-order valence-electron chi connectivity index (χ4n) is 3.51. The maximum absolute atomic E-state index is 12.7. The highest BCUT2D eigenvalue weighted by Gasteiger charge is 2.15. The monoisotopic (exact) mass is 402 g/mol. The van der Waals surface area contributed by atoms with Gasteiger partial charge in [0.05, 0.1) is 24.1 Å². The Balaban J connectivity index is 1.63. The van der Waals surface area contributed by atoms with Crippen LogP contribution in [0.15, 0.2) is 65.5 Å². The molecule has 0 atom stereocenters. The van der Waals surface area contributed by atoms with E-state index in [1.807, 2.05) is 36.4 Å². The normalized spacial score (nSPS) is 11.1. The zero-order chi connectivity index (χ0) is 21.1. The lowest BCUT2D eigenvalue weighted by Crippen LogP contribution is -2.44. The van der Waals surface area contributed by atoms with Crippen molar-refractivity contribution in [2.45, 2.75) is 13.5 Å². The number of amides is 1. The summed E-state index contributed by atoms with van der Waals surface area (Å²) in [5.74, 6) is 0.357. The number of nitrogens with zero attached hydrogens (tertiary/aromatic N) is 2. The van der Waals surface area contributed by atoms with Gasteiger partial charge in [0, 0.05) is 12.1 Å². The Morgan fingerprint density at radius 2 is 1.90 bits per heavy atom. The van der Waals surface area contributed by atoms with Crippen molar-refractivity contribution in [1.82, 2.24) is 20.4 Å². The van der Waals surface area contributed by atoms with Crippen molar-refractivity contribution < 1.29 is 9.90 Å². The topological polar surface area (TPSA) is 98.3 Å². The smallest absolute Gasteiger partial charge is 0.268 e. The number of aliphatic hydroxyl groups excluding tert-OH is 1. The van der Waals surface area contributed by atoms with Crippen molar-refractivity contribution in [3.8, 4) is 0 Å². The average Bonchev–Trinajstić information content (AvgIpc) is 2.76. The maximum atomic E-state index is 12.7. The second-order valence-corrected chi connectivity index (χ2v) is 7.05. The number of rotatable bonds is 6. The number of carbonyl (C=O) groups excluding carboxylic acids is 1. The molecule has 0 saturated heterocycles. The zero-order valence-electron chi connectivity index (χ0n) is 16.6. The van der Waals surface area contributed by atoms with Crippen molar-refractivity contribution in [2.24, 2.45) is 0 Å². The van der Waals surface area contributed by atoms with Crippen molar-refractivity contribution >= 4 is 27.6 Å². The molecule has 1 aromatic heterocycles. The van der Waals surface area contributed by atoms with E-state index >= 15 is 0 Å². The Kier molecular flexibility index (Phi) is 5.56. The summed E-state index contributed by atoms with van der Waals surface area (Å²) in [6.07, 6.45) is 0. The molecule has 3 N–H and O–H groups in total. The van der Waals surface area contributed by atoms with E-state index < -0.39 is 0 Å². The molecule has 0 saturated carbocycles. The van der Waals surface area contributed by atoms with Gasteiger partial charge < -0.3 is 10.1 Å². The third-order valence-electron chi connectivity index (χ3n) is 4.94. The van der Waals surface area contributed by atoms with Crippen LogP contribution >= 0.6 is 0 Å². The minimum atomic E-state index is -0.216. The van der Waals surface area contributed by atoms with Gasteiger partial charge in [-0.2, -0.15) is 0 Å². The first-order chi connectivity index (χ1) is 14.6. The highest BCUT2D eigenvalue weighted by Crippen LogP contribution is 2.23. The van der Waals surface area contributed by atoms with Crippen LogP contribution in [0, 0.1) is 6.92 Å². The molecule has 0 aliphatic carbocycles. The van der Waals surface area contributed by atoms with Crippen molar-refractivity contribution in [1.29, 1.82) is 0 Å². The molecular formula is C23H22N4O3. The van der Waals surface area contributed by atoms with Crippen LogP contribution in [0.2, 0.25) is 0 Å². The predicted octanol–water partition coefficient (Wildman–Crippen LogP) is 2.52. The second-order valence-electron chi connectivity index (χ2n) is 7.05. The molecule has 4 rings (SSSR count). The lowest BCUT2D eigenvalue weighted by Gasteiger charge is -2.23. The minimum Gasteiger partial charge on any atom is -0.394 e. The molecule has 1 heterocycles. The number of aromatic amines is 1. The first-order valence-corrected chi connectivity index (χ1v) is 9.70. The summed E-state index contributed by atoms with van der Waals surface area (Å²) in [5, 5.41) is 13.1. The van der Waals surface area contributed by atoms with E-state index in [4.69, 9.17) is 0 Å². The molecule has 0 aliphatic rings. The first-order valence-electron chi connectivity index (χ1n) is 9.70. The predicted molar refractivity (Wildman–Crippen MR) is 116 cm³/mol. The van der Waals surface area contributed by atoms with E-state index in [1.165, 1.54) is 5.01 Å². The number of aromatic nitrogens is 2. The van der Waals surface area contributed by atoms with Crippen LogP contribution in [0.1, 0.15) is 21.7 Å². The van der Waals surface area contributed by atoms with Gasteiger partial charge in [-0.15, -0.1) is 0 Å². The molecule has 7 heteroatoms. The van der Waals surface area contributed by atoms with E-state index in [9.17, 15) is 14.7 Å². The van der Waals surface area contributed by atoms with Crippen LogP contribution in [0.4, 0.5) is 0 Å². The highest BCUT2D eigenvalue weighted by molar-refractivity contribution is 6.05. The fourth-order valence-corrected chi connectivity index (χ4v) is 3.51. The van der Waals surface area contributed by atoms with Crippen molar-refractivity contribution in [3.05, 3.63) is 88.0 Å². The van der Waals surface area contributed by atoms with Crippen LogP contribution in [0.5, 0.6) is 0 Å². The number of hydrazine groups is 1. The summed E-state index contributed by atoms with van der Waals surface area (Å²) in [5.41, 5.74) is 5.01. The van der Waals surface area contributed by atoms with Crippen LogP contribution < -0.4 is 11.0 Å². The minimum absolute atomic E-state index is 0.158. The summed E-state index contributed by atoms with van der Waals surface area (Å²) >= 11 is 0. The molecule has 0 aliphatic heterocycles. The number of hydrogen-bond acceptors (Lipinski definition) is 5. The van der Waals surface area contributed by atoms with Gasteiger partial charge in [-0.1, -0.05) is 36.4 Å². The van der Waals surface area contributed by atoms with Crippen LogP contribution in [0.25, 0.3) is 21.7 Å². The zero-order valence-corrected chi connectivity index (χ0v) is 16.6. The number of H-pyrrole nitrogens is 1. The standard InChI is InChI=1S/C23H22N4O3/c1-15-25-20-10-9-17-8-7-16(13-19(17)21(20)22(29)26-15)14-24-27(11-12-28)23(30)18-5-3-2-4-6-18/h2-10,13,24,28H,11-12,14H2,1H3,(H,25,26,29). The van der Waals surface area contributed by atoms with E-state index in [0.717, 1.165) is 16.3 Å². The van der Waals surface area contributed by atoms with E-state index in [-0.39, 0.29) is 24.6 Å². The third-order valence-corrected chi connectivity index (χ3v) is 4.94. The summed E-state index contributed by atoms with van der Waals surface area (Å²) in [4.78, 5) is 32.4. The molecular weight excluding hydrogens is 380 g/mol. The van der Waals surface area contributed by atoms with Gasteiger partial charge in [0.2, 0.25) is 0 Å². The number of hydrogen-bond donors (Lipinski definition) is 3. The number of aliphatic hydroxyl groups is 1. The van der Waals surface area contributed by atoms with E-state index in [2.05, 4.69) is 15.4 Å². The Labute approximate surface area is 173 Å². The number of benzene rings is 3. The van der Waals surface area contributed by atoms with Crippen LogP contribution in [-0.2, 0) is 6.54 Å². The second kappa shape index (κ2) is 8.44.